The number of carboxylic acid groups (broad SMARTS) is 3. The average molecular weight is 663 g/mol. The molecule has 0 aliphatic heterocycles. The number of allylic oxidation sites excluding steroid dienone is 1. The van der Waals surface area contributed by atoms with Gasteiger partial charge in [-0.25, -0.2) is 0 Å². The summed E-state index contributed by atoms with van der Waals surface area (Å²) >= 11 is 0. The zero-order valence-electron chi connectivity index (χ0n) is 26.6. The van der Waals surface area contributed by atoms with Crippen molar-refractivity contribution in [3.63, 3.8) is 0 Å². The Bertz CT molecular complexity index is 1380. The van der Waals surface area contributed by atoms with Crippen molar-refractivity contribution in [3.05, 3.63) is 11.6 Å². The van der Waals surface area contributed by atoms with E-state index in [1.807, 2.05) is 6.92 Å². The van der Waals surface area contributed by atoms with Gasteiger partial charge in [-0.3, -0.25) is 38.4 Å². The van der Waals surface area contributed by atoms with E-state index in [9.17, 15) is 38.4 Å². The predicted octanol–water partition coefficient (Wildman–Crippen LogP) is 3.03. The monoisotopic (exact) mass is 662 g/mol. The number of rotatable bonds is 14. The van der Waals surface area contributed by atoms with Gasteiger partial charge < -0.3 is 29.5 Å². The first-order valence-corrected chi connectivity index (χ1v) is 16.0. The van der Waals surface area contributed by atoms with Crippen LogP contribution in [0.2, 0.25) is 0 Å². The minimum absolute atomic E-state index is 0.0169. The van der Waals surface area contributed by atoms with Gasteiger partial charge in [-0.05, 0) is 61.9 Å². The molecule has 4 rings (SSSR count). The van der Waals surface area contributed by atoms with Gasteiger partial charge in [0.25, 0.3) is 0 Å². The van der Waals surface area contributed by atoms with Crippen molar-refractivity contribution in [3.8, 4) is 0 Å². The van der Waals surface area contributed by atoms with Gasteiger partial charge in [0, 0.05) is 17.8 Å². The largest absolute Gasteiger partial charge is 0.481 e. The SMILES string of the molecule is C[C@]12CCC(=O)C=C1CC[C@@H]1[C@@H]2[C@@H](OC(=O)CCC(=O)O)C[C@@]2(C)[C@H]1CC[C@]2(OC(=O)CCC(=O)O)C(=O)COC(=O)CCC(=O)O. The fourth-order valence-electron chi connectivity index (χ4n) is 8.87. The highest BCUT2D eigenvalue weighted by molar-refractivity contribution is 5.94. The van der Waals surface area contributed by atoms with Gasteiger partial charge >= 0.3 is 35.8 Å². The second-order valence-corrected chi connectivity index (χ2v) is 13.6. The maximum absolute atomic E-state index is 14.1. The highest BCUT2D eigenvalue weighted by atomic mass is 16.6. The number of ether oxygens (including phenoxy) is 3. The second kappa shape index (κ2) is 13.9. The van der Waals surface area contributed by atoms with Crippen molar-refractivity contribution in [2.45, 2.75) is 109 Å². The topological polar surface area (TPSA) is 225 Å². The zero-order chi connectivity index (χ0) is 34.7. The van der Waals surface area contributed by atoms with Crippen LogP contribution in [0.5, 0.6) is 0 Å². The van der Waals surface area contributed by atoms with Gasteiger partial charge in [-0.2, -0.15) is 0 Å². The molecule has 0 radical (unpaired) electrons. The molecule has 0 saturated heterocycles. The molecule has 0 aromatic heterocycles. The molecule has 0 bridgehead atoms. The Morgan fingerprint density at radius 1 is 0.787 bits per heavy atom. The highest BCUT2D eigenvalue weighted by Crippen LogP contribution is 2.69. The Morgan fingerprint density at radius 3 is 2.00 bits per heavy atom. The Hall–Kier alpha value is -4.10. The molecule has 3 saturated carbocycles. The standard InChI is InChI=1S/C33H42O14/c1-31-13-11-19(34)15-18(31)3-4-20-21-12-14-33(47-29(44)10-7-26(40)41,23(35)17-45-27(42)8-5-24(36)37)32(21,2)16-22(30(20)31)46-28(43)9-6-25(38)39/h15,20-22,30H,3-14,16-17H2,1-2H3,(H,36,37)(H,38,39)(H,40,41)/t20-,21-,22-,30+,31-,32-,33-/m0/s1. The van der Waals surface area contributed by atoms with E-state index in [2.05, 4.69) is 0 Å². The van der Waals surface area contributed by atoms with Crippen LogP contribution in [-0.2, 0) is 52.6 Å². The summed E-state index contributed by atoms with van der Waals surface area (Å²) in [7, 11) is 0. The van der Waals surface area contributed by atoms with Crippen LogP contribution in [0.1, 0.15) is 97.3 Å². The lowest BCUT2D eigenvalue weighted by atomic mass is 9.45. The molecule has 14 nitrogen and oxygen atoms in total. The van der Waals surface area contributed by atoms with E-state index in [0.717, 1.165) is 5.57 Å². The molecule has 3 fully saturated rings. The summed E-state index contributed by atoms with van der Waals surface area (Å²) in [6.45, 7) is 2.97. The molecule has 3 N–H and O–H groups in total. The van der Waals surface area contributed by atoms with E-state index < -0.39 is 103 Å². The molecule has 0 spiro atoms. The molecule has 0 amide bonds. The predicted molar refractivity (Wildman–Crippen MR) is 157 cm³/mol. The second-order valence-electron chi connectivity index (χ2n) is 13.6. The molecule has 7 atom stereocenters. The lowest BCUT2D eigenvalue weighted by Crippen LogP contribution is -2.63. The van der Waals surface area contributed by atoms with Crippen molar-refractivity contribution in [2.75, 3.05) is 6.61 Å². The molecule has 4 aliphatic carbocycles. The van der Waals surface area contributed by atoms with E-state index in [1.165, 1.54) is 0 Å². The van der Waals surface area contributed by atoms with Crippen LogP contribution in [0.25, 0.3) is 0 Å². The smallest absolute Gasteiger partial charge is 0.307 e. The summed E-state index contributed by atoms with van der Waals surface area (Å²) in [6.07, 6.45) is 0.382. The first-order chi connectivity index (χ1) is 22.0. The van der Waals surface area contributed by atoms with E-state index >= 15 is 0 Å². The average Bonchev–Trinajstić information content (AvgIpc) is 3.28. The molecule has 47 heavy (non-hydrogen) atoms. The Labute approximate surface area is 271 Å². The van der Waals surface area contributed by atoms with Gasteiger partial charge in [-0.15, -0.1) is 0 Å². The number of ketones is 2. The van der Waals surface area contributed by atoms with Crippen LogP contribution in [-0.4, -0.2) is 81.0 Å². The van der Waals surface area contributed by atoms with Crippen LogP contribution in [0.4, 0.5) is 0 Å². The fourth-order valence-corrected chi connectivity index (χ4v) is 8.87. The third-order valence-corrected chi connectivity index (χ3v) is 11.0. The number of hydrogen-bond acceptors (Lipinski definition) is 11. The van der Waals surface area contributed by atoms with Crippen molar-refractivity contribution in [1.29, 1.82) is 0 Å². The maximum Gasteiger partial charge on any atom is 0.307 e. The van der Waals surface area contributed by atoms with Crippen molar-refractivity contribution < 1.29 is 67.9 Å². The molecule has 0 heterocycles. The third-order valence-electron chi connectivity index (χ3n) is 11.0. The summed E-state index contributed by atoms with van der Waals surface area (Å²) in [5.74, 6) is -7.72. The number of esters is 3. The van der Waals surface area contributed by atoms with Crippen LogP contribution in [0.3, 0.4) is 0 Å². The number of hydrogen-bond donors (Lipinski definition) is 3. The van der Waals surface area contributed by atoms with Crippen molar-refractivity contribution >= 4 is 47.4 Å². The summed E-state index contributed by atoms with van der Waals surface area (Å²) in [5, 5.41) is 27.2. The van der Waals surface area contributed by atoms with Gasteiger partial charge in [0.2, 0.25) is 5.78 Å². The van der Waals surface area contributed by atoms with Crippen LogP contribution in [0.15, 0.2) is 11.6 Å². The van der Waals surface area contributed by atoms with Gasteiger partial charge in [0.1, 0.15) is 6.10 Å². The van der Waals surface area contributed by atoms with E-state index in [1.54, 1.807) is 13.0 Å². The molecule has 258 valence electrons. The summed E-state index contributed by atoms with van der Waals surface area (Å²) in [4.78, 5) is 98.3. The quantitative estimate of drug-likeness (QED) is 0.180. The summed E-state index contributed by atoms with van der Waals surface area (Å²) in [6, 6.07) is 0. The normalized spacial score (nSPS) is 32.5. The zero-order valence-corrected chi connectivity index (χ0v) is 26.6. The molecule has 0 unspecified atom stereocenters. The molecule has 14 heteroatoms. The molecule has 0 aromatic carbocycles. The lowest BCUT2D eigenvalue weighted by Gasteiger charge is -2.61. The number of carbonyl (C=O) groups is 8. The summed E-state index contributed by atoms with van der Waals surface area (Å²) in [5.41, 5.74) is -2.64. The van der Waals surface area contributed by atoms with Crippen LogP contribution >= 0.6 is 0 Å². The third kappa shape index (κ3) is 7.25. The minimum atomic E-state index is -1.89. The van der Waals surface area contributed by atoms with Gasteiger partial charge in [-0.1, -0.05) is 19.4 Å². The van der Waals surface area contributed by atoms with Gasteiger partial charge in [0.15, 0.2) is 18.0 Å². The first kappa shape index (κ1) is 35.7. The highest BCUT2D eigenvalue weighted by Gasteiger charge is 2.71. The Kier molecular flexibility index (Phi) is 10.6. The van der Waals surface area contributed by atoms with Crippen LogP contribution in [0, 0.1) is 28.6 Å². The Morgan fingerprint density at radius 2 is 1.38 bits per heavy atom. The Balaban J connectivity index is 1.73. The number of carbonyl (C=O) groups excluding carboxylic acids is 5. The number of carboxylic acids is 3. The minimum Gasteiger partial charge on any atom is -0.481 e. The van der Waals surface area contributed by atoms with E-state index in [0.29, 0.717) is 32.1 Å². The van der Waals surface area contributed by atoms with Gasteiger partial charge in [0.05, 0.1) is 38.5 Å². The van der Waals surface area contributed by atoms with Crippen LogP contribution < -0.4 is 0 Å². The molecular weight excluding hydrogens is 620 g/mol. The molecule has 4 aliphatic rings. The summed E-state index contributed by atoms with van der Waals surface area (Å²) < 4.78 is 17.1. The van der Waals surface area contributed by atoms with E-state index in [-0.39, 0.29) is 42.8 Å². The van der Waals surface area contributed by atoms with Crippen molar-refractivity contribution in [2.24, 2.45) is 28.6 Å². The van der Waals surface area contributed by atoms with E-state index in [4.69, 9.17) is 29.5 Å². The first-order valence-electron chi connectivity index (χ1n) is 16.0. The fraction of sp³-hybridized carbons (Fsp3) is 0.697. The lowest BCUT2D eigenvalue weighted by molar-refractivity contribution is -0.209. The number of Topliss-reactive ketones (excluding diaryl/α,β-unsaturated/α-hetero) is 1. The van der Waals surface area contributed by atoms with Crippen molar-refractivity contribution in [1.82, 2.24) is 0 Å². The maximum atomic E-state index is 14.1. The molecular formula is C33H42O14. The number of fused-ring (bicyclic) bond motifs is 5. The molecule has 0 aromatic rings. The number of aliphatic carboxylic acids is 3.